The van der Waals surface area contributed by atoms with Crippen molar-refractivity contribution in [1.29, 1.82) is 0 Å². The molecule has 9 heteroatoms. The summed E-state index contributed by atoms with van der Waals surface area (Å²) in [4.78, 5) is 39.9. The standard InChI is InChI=1S/C22H30N4O5/c1-15-12-18(25-31-15)20(28)26-9-7-22(8-10-26)6-3-2-4-16-14-30-11-5-17(16)24-19(27)13-23-21(22)29/h2-3,12,16-17H,4-11,13-14H2,1H3,(H,23,29)(H,24,27)/b3-2+/t16-,17+/m0/s1. The number of ether oxygens (including phenoxy) is 1. The largest absolute Gasteiger partial charge is 0.381 e. The molecule has 0 unspecified atom stereocenters. The normalized spacial score (nSPS) is 28.0. The number of aromatic nitrogens is 1. The number of carbonyl (C=O) groups is 3. The average Bonchev–Trinajstić information content (AvgIpc) is 3.21. The molecule has 1 aromatic heterocycles. The summed E-state index contributed by atoms with van der Waals surface area (Å²) in [5.74, 6) is 0.355. The highest BCUT2D eigenvalue weighted by Crippen LogP contribution is 2.36. The smallest absolute Gasteiger partial charge is 0.276 e. The second-order valence-corrected chi connectivity index (χ2v) is 8.79. The second-order valence-electron chi connectivity index (χ2n) is 8.79. The van der Waals surface area contributed by atoms with Gasteiger partial charge in [-0.3, -0.25) is 14.4 Å². The second kappa shape index (κ2) is 9.21. The predicted molar refractivity (Wildman–Crippen MR) is 111 cm³/mol. The molecule has 2 atom stereocenters. The van der Waals surface area contributed by atoms with Crippen LogP contribution in [0.3, 0.4) is 0 Å². The van der Waals surface area contributed by atoms with Gasteiger partial charge in [-0.15, -0.1) is 0 Å². The van der Waals surface area contributed by atoms with Gasteiger partial charge in [0.15, 0.2) is 5.69 Å². The van der Waals surface area contributed by atoms with Gasteiger partial charge in [0.25, 0.3) is 5.91 Å². The lowest BCUT2D eigenvalue weighted by molar-refractivity contribution is -0.135. The van der Waals surface area contributed by atoms with Crippen molar-refractivity contribution in [2.45, 2.75) is 45.1 Å². The van der Waals surface area contributed by atoms with E-state index in [0.29, 0.717) is 51.3 Å². The zero-order chi connectivity index (χ0) is 21.8. The molecule has 2 N–H and O–H groups in total. The van der Waals surface area contributed by atoms with Gasteiger partial charge in [-0.25, -0.2) is 0 Å². The van der Waals surface area contributed by atoms with Crippen LogP contribution in [0.5, 0.6) is 0 Å². The van der Waals surface area contributed by atoms with E-state index < -0.39 is 5.41 Å². The van der Waals surface area contributed by atoms with Gasteiger partial charge in [-0.1, -0.05) is 17.3 Å². The van der Waals surface area contributed by atoms with Crippen LogP contribution >= 0.6 is 0 Å². The summed E-state index contributed by atoms with van der Waals surface area (Å²) >= 11 is 0. The number of hydrogen-bond acceptors (Lipinski definition) is 6. The fourth-order valence-corrected chi connectivity index (χ4v) is 4.70. The summed E-state index contributed by atoms with van der Waals surface area (Å²) in [7, 11) is 0. The number of nitrogens with one attached hydrogen (secondary N) is 2. The van der Waals surface area contributed by atoms with Gasteiger partial charge in [0.2, 0.25) is 11.8 Å². The monoisotopic (exact) mass is 430 g/mol. The molecule has 0 radical (unpaired) electrons. The van der Waals surface area contributed by atoms with E-state index in [1.165, 1.54) is 0 Å². The molecule has 3 amide bonds. The van der Waals surface area contributed by atoms with Crippen LogP contribution < -0.4 is 10.6 Å². The van der Waals surface area contributed by atoms with Crippen LogP contribution in [0.4, 0.5) is 0 Å². The third-order valence-electron chi connectivity index (χ3n) is 6.68. The summed E-state index contributed by atoms with van der Waals surface area (Å²) in [5, 5.41) is 9.70. The van der Waals surface area contributed by atoms with Crippen molar-refractivity contribution in [2.75, 3.05) is 32.8 Å². The number of nitrogens with zero attached hydrogens (tertiary/aromatic N) is 2. The number of amides is 3. The van der Waals surface area contributed by atoms with Crippen molar-refractivity contribution in [3.05, 3.63) is 29.7 Å². The summed E-state index contributed by atoms with van der Waals surface area (Å²) in [5.41, 5.74) is -0.341. The van der Waals surface area contributed by atoms with Gasteiger partial charge in [-0.05, 0) is 39.0 Å². The van der Waals surface area contributed by atoms with Crippen LogP contribution in [0.25, 0.3) is 0 Å². The maximum Gasteiger partial charge on any atom is 0.276 e. The van der Waals surface area contributed by atoms with E-state index in [2.05, 4.69) is 27.9 Å². The summed E-state index contributed by atoms with van der Waals surface area (Å²) < 4.78 is 10.6. The number of fused-ring (bicyclic) bond motifs is 1. The zero-order valence-corrected chi connectivity index (χ0v) is 17.9. The first-order chi connectivity index (χ1) is 15.0. The van der Waals surface area contributed by atoms with E-state index in [4.69, 9.17) is 9.26 Å². The Hall–Kier alpha value is -2.68. The van der Waals surface area contributed by atoms with Gasteiger partial charge in [0, 0.05) is 37.7 Å². The van der Waals surface area contributed by atoms with Gasteiger partial charge in [0.1, 0.15) is 5.76 Å². The Morgan fingerprint density at radius 3 is 2.81 bits per heavy atom. The van der Waals surface area contributed by atoms with Crippen LogP contribution in [0.1, 0.15) is 48.4 Å². The number of rotatable bonds is 1. The minimum absolute atomic E-state index is 0.0325. The quantitative estimate of drug-likeness (QED) is 0.647. The lowest BCUT2D eigenvalue weighted by Crippen LogP contribution is -2.53. The fourth-order valence-electron chi connectivity index (χ4n) is 4.70. The van der Waals surface area contributed by atoms with Crippen molar-refractivity contribution in [3.63, 3.8) is 0 Å². The number of allylic oxidation sites excluding steroid dienone is 2. The van der Waals surface area contributed by atoms with E-state index in [-0.39, 0.29) is 41.9 Å². The third-order valence-corrected chi connectivity index (χ3v) is 6.68. The van der Waals surface area contributed by atoms with Crippen LogP contribution in [0.2, 0.25) is 0 Å². The Morgan fingerprint density at radius 2 is 2.06 bits per heavy atom. The molecule has 0 bridgehead atoms. The summed E-state index contributed by atoms with van der Waals surface area (Å²) in [6.07, 6.45) is 7.42. The molecule has 2 fully saturated rings. The molecule has 168 valence electrons. The molecular formula is C22H30N4O5. The molecule has 2 saturated heterocycles. The summed E-state index contributed by atoms with van der Waals surface area (Å²) in [6, 6.07) is 1.70. The molecule has 0 aromatic carbocycles. The number of piperidine rings is 1. The predicted octanol–water partition coefficient (Wildman–Crippen LogP) is 1.19. The number of aryl methyl sites for hydroxylation is 1. The zero-order valence-electron chi connectivity index (χ0n) is 17.9. The number of carbonyl (C=O) groups excluding carboxylic acids is 3. The van der Waals surface area contributed by atoms with Crippen molar-refractivity contribution in [3.8, 4) is 0 Å². The molecule has 3 aliphatic heterocycles. The summed E-state index contributed by atoms with van der Waals surface area (Å²) in [6.45, 7) is 3.90. The highest BCUT2D eigenvalue weighted by atomic mass is 16.5. The van der Waals surface area contributed by atoms with Crippen molar-refractivity contribution < 1.29 is 23.6 Å². The van der Waals surface area contributed by atoms with Crippen LogP contribution in [0, 0.1) is 18.3 Å². The lowest BCUT2D eigenvalue weighted by Gasteiger charge is -2.40. The van der Waals surface area contributed by atoms with Gasteiger partial charge in [0.05, 0.1) is 18.6 Å². The first-order valence-corrected chi connectivity index (χ1v) is 11.0. The molecule has 0 saturated carbocycles. The highest BCUT2D eigenvalue weighted by molar-refractivity contribution is 5.93. The fraction of sp³-hybridized carbons (Fsp3) is 0.636. The van der Waals surface area contributed by atoms with E-state index in [0.717, 1.165) is 12.8 Å². The molecule has 1 aromatic rings. The molecule has 3 aliphatic rings. The molecule has 0 aliphatic carbocycles. The Balaban J connectivity index is 1.45. The average molecular weight is 431 g/mol. The first kappa shape index (κ1) is 21.5. The topological polar surface area (TPSA) is 114 Å². The van der Waals surface area contributed by atoms with Crippen molar-refractivity contribution in [1.82, 2.24) is 20.7 Å². The Labute approximate surface area is 181 Å². The van der Waals surface area contributed by atoms with Gasteiger partial charge in [-0.2, -0.15) is 0 Å². The molecule has 4 heterocycles. The van der Waals surface area contributed by atoms with Gasteiger partial charge < -0.3 is 24.8 Å². The van der Waals surface area contributed by atoms with Crippen molar-refractivity contribution >= 4 is 17.7 Å². The van der Waals surface area contributed by atoms with Crippen molar-refractivity contribution in [2.24, 2.45) is 11.3 Å². The number of hydrogen-bond donors (Lipinski definition) is 2. The third kappa shape index (κ3) is 4.81. The minimum atomic E-state index is -0.630. The maximum absolute atomic E-state index is 13.1. The van der Waals surface area contributed by atoms with Crippen LogP contribution in [-0.2, 0) is 14.3 Å². The molecule has 4 rings (SSSR count). The highest BCUT2D eigenvalue weighted by Gasteiger charge is 2.42. The Kier molecular flexibility index (Phi) is 6.41. The number of likely N-dealkylation sites (tertiary alicyclic amines) is 1. The van der Waals surface area contributed by atoms with Gasteiger partial charge >= 0.3 is 0 Å². The SMILES string of the molecule is Cc1cc(C(=O)N2CCC3(C/C=C/C[C@H]4COCC[C@H]4NC(=O)CNC3=O)CC2)no1. The van der Waals surface area contributed by atoms with E-state index in [9.17, 15) is 14.4 Å². The first-order valence-electron chi connectivity index (χ1n) is 11.0. The van der Waals surface area contributed by atoms with E-state index in [1.807, 2.05) is 0 Å². The van der Waals surface area contributed by atoms with Crippen LogP contribution in [0.15, 0.2) is 22.7 Å². The Morgan fingerprint density at radius 1 is 1.26 bits per heavy atom. The van der Waals surface area contributed by atoms with E-state index >= 15 is 0 Å². The Bertz CT molecular complexity index is 856. The minimum Gasteiger partial charge on any atom is -0.381 e. The molecule has 9 nitrogen and oxygen atoms in total. The lowest BCUT2D eigenvalue weighted by atomic mass is 9.74. The molecular weight excluding hydrogens is 400 g/mol. The van der Waals surface area contributed by atoms with E-state index in [1.54, 1.807) is 17.9 Å². The molecule has 1 spiro atoms. The van der Waals surface area contributed by atoms with Crippen LogP contribution in [-0.4, -0.2) is 66.7 Å². The molecule has 31 heavy (non-hydrogen) atoms. The maximum atomic E-state index is 13.1.